The number of hydrogen-bond donors (Lipinski definition) is 1. The number of aliphatic carboxylic acids is 1. The predicted octanol–water partition coefficient (Wildman–Crippen LogP) is 2.52. The minimum absolute atomic E-state index is 0.0908. The van der Waals surface area contributed by atoms with Crippen LogP contribution in [0.3, 0.4) is 0 Å². The Labute approximate surface area is 172 Å². The molecule has 30 heavy (non-hydrogen) atoms. The third-order valence-electron chi connectivity index (χ3n) is 4.06. The number of rotatable bonds is 8. The van der Waals surface area contributed by atoms with E-state index in [1.165, 1.54) is 27.4 Å². The molecule has 0 radical (unpaired) electrons. The molecule has 1 aliphatic rings. The number of ether oxygens (including phenoxy) is 5. The van der Waals surface area contributed by atoms with Gasteiger partial charge in [-0.2, -0.15) is 0 Å². The van der Waals surface area contributed by atoms with Gasteiger partial charge in [0, 0.05) is 11.6 Å². The number of carbonyl (C=O) groups excluding carboxylic acids is 1. The van der Waals surface area contributed by atoms with Crippen molar-refractivity contribution in [3.8, 4) is 23.0 Å². The second-order valence-corrected chi connectivity index (χ2v) is 6.03. The number of nitrogens with zero attached hydrogens (tertiary/aromatic N) is 1. The number of carbonyl (C=O) groups is 2. The highest BCUT2D eigenvalue weighted by atomic mass is 16.6. The molecule has 0 spiro atoms. The van der Waals surface area contributed by atoms with Crippen molar-refractivity contribution in [2.24, 2.45) is 4.99 Å². The zero-order valence-corrected chi connectivity index (χ0v) is 16.5. The Bertz CT molecular complexity index is 1020. The van der Waals surface area contributed by atoms with Crippen molar-refractivity contribution in [3.05, 3.63) is 53.2 Å². The maximum Gasteiger partial charge on any atom is 0.363 e. The van der Waals surface area contributed by atoms with Gasteiger partial charge in [0.25, 0.3) is 0 Å². The first kappa shape index (κ1) is 20.7. The van der Waals surface area contributed by atoms with Crippen LogP contribution in [0, 0.1) is 0 Å². The lowest BCUT2D eigenvalue weighted by Gasteiger charge is -2.09. The molecule has 0 atom stereocenters. The van der Waals surface area contributed by atoms with Gasteiger partial charge in [-0.25, -0.2) is 14.6 Å². The van der Waals surface area contributed by atoms with Crippen LogP contribution in [-0.4, -0.2) is 50.9 Å². The minimum atomic E-state index is -1.10. The zero-order valence-electron chi connectivity index (χ0n) is 16.5. The largest absolute Gasteiger partial charge is 0.497 e. The van der Waals surface area contributed by atoms with Crippen LogP contribution >= 0.6 is 0 Å². The van der Waals surface area contributed by atoms with E-state index in [9.17, 15) is 9.59 Å². The molecule has 0 unspecified atom stereocenters. The van der Waals surface area contributed by atoms with E-state index in [2.05, 4.69) is 4.99 Å². The van der Waals surface area contributed by atoms with E-state index in [0.29, 0.717) is 28.4 Å². The van der Waals surface area contributed by atoms with Crippen LogP contribution in [0.1, 0.15) is 11.1 Å². The molecule has 0 saturated carbocycles. The van der Waals surface area contributed by atoms with Crippen LogP contribution in [0.5, 0.6) is 23.0 Å². The lowest BCUT2D eigenvalue weighted by atomic mass is 10.1. The van der Waals surface area contributed by atoms with E-state index < -0.39 is 18.5 Å². The molecule has 1 heterocycles. The van der Waals surface area contributed by atoms with Gasteiger partial charge in [-0.3, -0.25) is 0 Å². The highest BCUT2D eigenvalue weighted by molar-refractivity contribution is 6.13. The first-order chi connectivity index (χ1) is 14.4. The van der Waals surface area contributed by atoms with Crippen molar-refractivity contribution in [1.82, 2.24) is 0 Å². The summed E-state index contributed by atoms with van der Waals surface area (Å²) in [5.41, 5.74) is 1.21. The number of carboxylic acids is 1. The summed E-state index contributed by atoms with van der Waals surface area (Å²) in [7, 11) is 4.46. The maximum atomic E-state index is 12.3. The van der Waals surface area contributed by atoms with E-state index in [-0.39, 0.29) is 17.3 Å². The van der Waals surface area contributed by atoms with Gasteiger partial charge in [0.2, 0.25) is 5.90 Å². The summed E-state index contributed by atoms with van der Waals surface area (Å²) in [6.07, 6.45) is 1.52. The molecular weight excluding hydrogens is 394 g/mol. The molecule has 0 fully saturated rings. The van der Waals surface area contributed by atoms with Crippen molar-refractivity contribution < 1.29 is 38.4 Å². The summed E-state index contributed by atoms with van der Waals surface area (Å²) < 4.78 is 26.1. The zero-order chi connectivity index (χ0) is 21.7. The average molecular weight is 413 g/mol. The average Bonchev–Trinajstić information content (AvgIpc) is 3.12. The third kappa shape index (κ3) is 4.69. The number of hydrogen-bond acceptors (Lipinski definition) is 8. The molecule has 9 heteroatoms. The minimum Gasteiger partial charge on any atom is -0.497 e. The molecule has 0 aromatic heterocycles. The van der Waals surface area contributed by atoms with E-state index in [0.717, 1.165) is 0 Å². The van der Waals surface area contributed by atoms with Crippen molar-refractivity contribution in [2.75, 3.05) is 27.9 Å². The molecule has 0 bridgehead atoms. The Balaban J connectivity index is 1.90. The molecule has 1 N–H and O–H groups in total. The van der Waals surface area contributed by atoms with E-state index in [4.69, 9.17) is 28.8 Å². The van der Waals surface area contributed by atoms with Gasteiger partial charge < -0.3 is 28.8 Å². The number of methoxy groups -OCH3 is 3. The normalized spacial score (nSPS) is 14.2. The van der Waals surface area contributed by atoms with E-state index >= 15 is 0 Å². The molecule has 0 amide bonds. The monoisotopic (exact) mass is 413 g/mol. The maximum absolute atomic E-state index is 12.3. The Morgan fingerprint density at radius 2 is 1.73 bits per heavy atom. The fourth-order valence-corrected chi connectivity index (χ4v) is 2.65. The molecule has 0 saturated heterocycles. The van der Waals surface area contributed by atoms with Crippen LogP contribution in [0.15, 0.2) is 47.1 Å². The van der Waals surface area contributed by atoms with Crippen molar-refractivity contribution in [1.29, 1.82) is 0 Å². The van der Waals surface area contributed by atoms with Crippen LogP contribution in [-0.2, 0) is 14.3 Å². The third-order valence-corrected chi connectivity index (χ3v) is 4.06. The highest BCUT2D eigenvalue weighted by Gasteiger charge is 2.25. The van der Waals surface area contributed by atoms with Gasteiger partial charge in [0.15, 0.2) is 23.8 Å². The second-order valence-electron chi connectivity index (χ2n) is 6.03. The van der Waals surface area contributed by atoms with Crippen molar-refractivity contribution in [3.63, 3.8) is 0 Å². The Hall–Kier alpha value is -4.01. The second kappa shape index (κ2) is 8.99. The summed E-state index contributed by atoms with van der Waals surface area (Å²) >= 11 is 0. The lowest BCUT2D eigenvalue weighted by molar-refractivity contribution is -0.139. The van der Waals surface area contributed by atoms with E-state index in [1.807, 2.05) is 0 Å². The van der Waals surface area contributed by atoms with Gasteiger partial charge in [-0.05, 0) is 35.9 Å². The Morgan fingerprint density at radius 1 is 1.03 bits per heavy atom. The quantitative estimate of drug-likeness (QED) is 0.519. The summed E-state index contributed by atoms with van der Waals surface area (Å²) in [6, 6.07) is 9.83. The molecule has 3 rings (SSSR count). The summed E-state index contributed by atoms with van der Waals surface area (Å²) in [4.78, 5) is 27.2. The number of esters is 1. The van der Waals surface area contributed by atoms with E-state index in [1.54, 1.807) is 36.4 Å². The smallest absolute Gasteiger partial charge is 0.363 e. The van der Waals surface area contributed by atoms with Gasteiger partial charge >= 0.3 is 11.9 Å². The number of carboxylic acid groups (broad SMARTS) is 1. The summed E-state index contributed by atoms with van der Waals surface area (Å²) in [6.45, 7) is -0.499. The Kier molecular flexibility index (Phi) is 6.21. The molecule has 2 aromatic carbocycles. The van der Waals surface area contributed by atoms with Crippen LogP contribution in [0.25, 0.3) is 6.08 Å². The number of aliphatic imine (C=N–C) groups is 1. The molecule has 1 aliphatic heterocycles. The lowest BCUT2D eigenvalue weighted by Crippen LogP contribution is -2.10. The molecule has 156 valence electrons. The highest BCUT2D eigenvalue weighted by Crippen LogP contribution is 2.30. The predicted molar refractivity (Wildman–Crippen MR) is 106 cm³/mol. The molecule has 2 aromatic rings. The molecule has 9 nitrogen and oxygen atoms in total. The van der Waals surface area contributed by atoms with Gasteiger partial charge in [-0.15, -0.1) is 0 Å². The topological polar surface area (TPSA) is 113 Å². The van der Waals surface area contributed by atoms with Gasteiger partial charge in [0.05, 0.1) is 21.3 Å². The van der Waals surface area contributed by atoms with Crippen molar-refractivity contribution in [2.45, 2.75) is 0 Å². The van der Waals surface area contributed by atoms with Gasteiger partial charge in [-0.1, -0.05) is 6.07 Å². The fourth-order valence-electron chi connectivity index (χ4n) is 2.65. The first-order valence-electron chi connectivity index (χ1n) is 8.72. The van der Waals surface area contributed by atoms with Crippen LogP contribution in [0.2, 0.25) is 0 Å². The standard InChI is InChI=1S/C21H19NO8/c1-26-14-8-13(9-15(10-14)27-2)20-22-16(21(25)30-20)6-12-4-5-17(18(7-12)28-3)29-11-19(23)24/h4-10H,11H2,1-3H3,(H,23,24)/b16-6-. The molecular formula is C21H19NO8. The SMILES string of the molecule is COc1cc(OC)cc(C2=N/C(=C\c3ccc(OCC(=O)O)c(OC)c3)C(=O)O2)c1. The Morgan fingerprint density at radius 3 is 2.33 bits per heavy atom. The molecule has 0 aliphatic carbocycles. The number of benzene rings is 2. The van der Waals surface area contributed by atoms with Crippen molar-refractivity contribution >= 4 is 23.9 Å². The fraction of sp³-hybridized carbons (Fsp3) is 0.190. The first-order valence-corrected chi connectivity index (χ1v) is 8.72. The summed E-state index contributed by atoms with van der Waals surface area (Å²) in [5.74, 6) is 0.0496. The van der Waals surface area contributed by atoms with Gasteiger partial charge in [0.1, 0.15) is 11.5 Å². The summed E-state index contributed by atoms with van der Waals surface area (Å²) in [5, 5.41) is 8.74. The van der Waals surface area contributed by atoms with Crippen LogP contribution < -0.4 is 18.9 Å². The number of cyclic esters (lactones) is 1. The van der Waals surface area contributed by atoms with Crippen LogP contribution in [0.4, 0.5) is 0 Å².